The molecule has 2 aromatic carbocycles. The molecule has 3 heteroatoms. The highest BCUT2D eigenvalue weighted by Crippen LogP contribution is 2.10. The zero-order valence-corrected chi connectivity index (χ0v) is 11.0. The first-order chi connectivity index (χ1) is 9.79. The molecular weight excluding hydrogens is 250 g/mol. The van der Waals surface area contributed by atoms with Crippen LogP contribution in [-0.2, 0) is 0 Å². The van der Waals surface area contributed by atoms with Gasteiger partial charge in [0.1, 0.15) is 0 Å². The maximum Gasteiger partial charge on any atom is 0.255 e. The molecule has 0 aliphatic heterocycles. The van der Waals surface area contributed by atoms with Crippen molar-refractivity contribution in [2.24, 2.45) is 0 Å². The summed E-state index contributed by atoms with van der Waals surface area (Å²) in [5, 5.41) is 11.5. The Morgan fingerprint density at radius 3 is 2.40 bits per heavy atom. The number of hydrogen-bond donors (Lipinski definition) is 2. The third-order valence-corrected chi connectivity index (χ3v) is 2.65. The van der Waals surface area contributed by atoms with Crippen molar-refractivity contribution >= 4 is 11.6 Å². The fourth-order valence-corrected chi connectivity index (χ4v) is 1.65. The van der Waals surface area contributed by atoms with Crippen LogP contribution in [0.5, 0.6) is 0 Å². The molecule has 0 heterocycles. The van der Waals surface area contributed by atoms with Crippen molar-refractivity contribution < 1.29 is 9.90 Å². The average molecular weight is 265 g/mol. The van der Waals surface area contributed by atoms with Crippen molar-refractivity contribution in [2.45, 2.75) is 6.42 Å². The highest BCUT2D eigenvalue weighted by molar-refractivity contribution is 6.04. The molecule has 3 nitrogen and oxygen atoms in total. The van der Waals surface area contributed by atoms with Crippen LogP contribution in [0.3, 0.4) is 0 Å². The summed E-state index contributed by atoms with van der Waals surface area (Å²) in [6, 6.07) is 16.4. The molecule has 0 spiro atoms. The van der Waals surface area contributed by atoms with E-state index in [1.807, 2.05) is 42.5 Å². The van der Waals surface area contributed by atoms with E-state index in [9.17, 15) is 4.79 Å². The lowest BCUT2D eigenvalue weighted by Gasteiger charge is -2.05. The Balaban J connectivity index is 2.01. The largest absolute Gasteiger partial charge is 0.395 e. The van der Waals surface area contributed by atoms with E-state index in [2.05, 4.69) is 17.2 Å². The number of rotatable bonds is 3. The second-order valence-electron chi connectivity index (χ2n) is 4.17. The molecule has 0 radical (unpaired) electrons. The quantitative estimate of drug-likeness (QED) is 0.838. The topological polar surface area (TPSA) is 49.3 Å². The van der Waals surface area contributed by atoms with Gasteiger partial charge in [0.05, 0.1) is 6.61 Å². The van der Waals surface area contributed by atoms with Crippen molar-refractivity contribution in [3.8, 4) is 11.8 Å². The third-order valence-electron chi connectivity index (χ3n) is 2.65. The van der Waals surface area contributed by atoms with E-state index in [0.29, 0.717) is 12.0 Å². The highest BCUT2D eigenvalue weighted by Gasteiger charge is 2.04. The second-order valence-corrected chi connectivity index (χ2v) is 4.17. The summed E-state index contributed by atoms with van der Waals surface area (Å²) in [4.78, 5) is 11.9. The Labute approximate surface area is 118 Å². The van der Waals surface area contributed by atoms with Crippen molar-refractivity contribution in [3.63, 3.8) is 0 Å². The molecule has 0 saturated carbocycles. The Bertz CT molecular complexity index is 622. The lowest BCUT2D eigenvalue weighted by atomic mass is 10.2. The zero-order valence-electron chi connectivity index (χ0n) is 11.0. The molecular formula is C17H15NO2. The van der Waals surface area contributed by atoms with Gasteiger partial charge in [-0.05, 0) is 36.4 Å². The normalized spacial score (nSPS) is 9.45. The monoisotopic (exact) mass is 265 g/mol. The Morgan fingerprint density at radius 2 is 1.75 bits per heavy atom. The van der Waals surface area contributed by atoms with Crippen LogP contribution >= 0.6 is 0 Å². The molecule has 2 aromatic rings. The molecule has 0 unspecified atom stereocenters. The van der Waals surface area contributed by atoms with E-state index in [1.54, 1.807) is 12.1 Å². The van der Waals surface area contributed by atoms with E-state index in [1.165, 1.54) is 0 Å². The summed E-state index contributed by atoms with van der Waals surface area (Å²) in [6.45, 7) is 0.0677. The van der Waals surface area contributed by atoms with E-state index in [0.717, 1.165) is 11.3 Å². The minimum absolute atomic E-state index is 0.0677. The summed E-state index contributed by atoms with van der Waals surface area (Å²) in [5.74, 6) is 5.65. The number of hydrogen-bond acceptors (Lipinski definition) is 2. The van der Waals surface area contributed by atoms with E-state index >= 15 is 0 Å². The van der Waals surface area contributed by atoms with E-state index < -0.39 is 0 Å². The van der Waals surface area contributed by atoms with Gasteiger partial charge in [-0.25, -0.2) is 0 Å². The number of carbonyl (C=O) groups is 1. The molecule has 100 valence electrons. The minimum Gasteiger partial charge on any atom is -0.395 e. The minimum atomic E-state index is -0.135. The first-order valence-electron chi connectivity index (χ1n) is 6.36. The number of amides is 1. The summed E-state index contributed by atoms with van der Waals surface area (Å²) < 4.78 is 0. The third kappa shape index (κ3) is 3.98. The van der Waals surface area contributed by atoms with Crippen LogP contribution in [-0.4, -0.2) is 17.6 Å². The molecule has 0 fully saturated rings. The van der Waals surface area contributed by atoms with Crippen LogP contribution < -0.4 is 5.32 Å². The number of nitrogens with one attached hydrogen (secondary N) is 1. The lowest BCUT2D eigenvalue weighted by molar-refractivity contribution is 0.102. The predicted molar refractivity (Wildman–Crippen MR) is 79.4 cm³/mol. The van der Waals surface area contributed by atoms with Gasteiger partial charge in [-0.1, -0.05) is 30.0 Å². The molecule has 0 bridgehead atoms. The van der Waals surface area contributed by atoms with Crippen molar-refractivity contribution in [1.29, 1.82) is 0 Å². The number of benzene rings is 2. The second kappa shape index (κ2) is 7.13. The molecule has 0 aliphatic rings. The molecule has 0 aromatic heterocycles. The van der Waals surface area contributed by atoms with E-state index in [-0.39, 0.29) is 12.5 Å². The van der Waals surface area contributed by atoms with Gasteiger partial charge in [-0.3, -0.25) is 4.79 Å². The first kappa shape index (κ1) is 13.9. The standard InChI is InChI=1S/C17H15NO2/c19-13-5-4-6-14-9-11-16(12-10-14)18-17(20)15-7-2-1-3-8-15/h1-3,7-12,19H,5,13H2,(H,18,20). The molecule has 0 saturated heterocycles. The Hall–Kier alpha value is -2.57. The van der Waals surface area contributed by atoms with Crippen LogP contribution in [0.4, 0.5) is 5.69 Å². The molecule has 2 N–H and O–H groups in total. The fraction of sp³-hybridized carbons (Fsp3) is 0.118. The highest BCUT2D eigenvalue weighted by atomic mass is 16.2. The van der Waals surface area contributed by atoms with E-state index in [4.69, 9.17) is 5.11 Å². The van der Waals surface area contributed by atoms with Crippen LogP contribution in [0.25, 0.3) is 0 Å². The van der Waals surface area contributed by atoms with Gasteiger partial charge in [-0.15, -0.1) is 0 Å². The van der Waals surface area contributed by atoms with Gasteiger partial charge in [0.2, 0.25) is 0 Å². The molecule has 20 heavy (non-hydrogen) atoms. The SMILES string of the molecule is O=C(Nc1ccc(C#CCCO)cc1)c1ccccc1. The summed E-state index contributed by atoms with van der Waals surface area (Å²) in [7, 11) is 0. The van der Waals surface area contributed by atoms with Crippen LogP contribution in [0, 0.1) is 11.8 Å². The van der Waals surface area contributed by atoms with Crippen molar-refractivity contribution in [1.82, 2.24) is 0 Å². The first-order valence-corrected chi connectivity index (χ1v) is 6.36. The summed E-state index contributed by atoms with van der Waals surface area (Å²) in [5.41, 5.74) is 2.21. The maximum atomic E-state index is 11.9. The van der Waals surface area contributed by atoms with Gasteiger partial charge in [0, 0.05) is 23.2 Å². The zero-order chi connectivity index (χ0) is 14.2. The molecule has 1 amide bonds. The number of aliphatic hydroxyl groups is 1. The van der Waals surface area contributed by atoms with Crippen molar-refractivity contribution in [3.05, 3.63) is 65.7 Å². The molecule has 0 aliphatic carbocycles. The lowest BCUT2D eigenvalue weighted by Crippen LogP contribution is -2.11. The average Bonchev–Trinajstić information content (AvgIpc) is 2.50. The fourth-order valence-electron chi connectivity index (χ4n) is 1.65. The Morgan fingerprint density at radius 1 is 1.05 bits per heavy atom. The van der Waals surface area contributed by atoms with Crippen molar-refractivity contribution in [2.75, 3.05) is 11.9 Å². The summed E-state index contributed by atoms with van der Waals surface area (Å²) >= 11 is 0. The maximum absolute atomic E-state index is 11.9. The number of anilines is 1. The molecule has 0 atom stereocenters. The Kier molecular flexibility index (Phi) is 4.94. The van der Waals surface area contributed by atoms with Crippen LogP contribution in [0.2, 0.25) is 0 Å². The van der Waals surface area contributed by atoms with Crippen LogP contribution in [0.1, 0.15) is 22.3 Å². The van der Waals surface area contributed by atoms with Crippen LogP contribution in [0.15, 0.2) is 54.6 Å². The smallest absolute Gasteiger partial charge is 0.255 e. The molecule has 2 rings (SSSR count). The summed E-state index contributed by atoms with van der Waals surface area (Å²) in [6.07, 6.45) is 0.465. The number of aliphatic hydroxyl groups excluding tert-OH is 1. The van der Waals surface area contributed by atoms with Gasteiger partial charge in [-0.2, -0.15) is 0 Å². The number of carbonyl (C=O) groups excluding carboxylic acids is 1. The van der Waals surface area contributed by atoms with Gasteiger partial charge in [0.25, 0.3) is 5.91 Å². The van der Waals surface area contributed by atoms with Gasteiger partial charge in [0.15, 0.2) is 0 Å². The van der Waals surface area contributed by atoms with Gasteiger partial charge >= 0.3 is 0 Å². The predicted octanol–water partition coefficient (Wildman–Crippen LogP) is 2.67. The van der Waals surface area contributed by atoms with Gasteiger partial charge < -0.3 is 10.4 Å².